The molecule has 0 aliphatic carbocycles. The zero-order valence-electron chi connectivity index (χ0n) is 17.7. The van der Waals surface area contributed by atoms with Crippen molar-refractivity contribution in [3.63, 3.8) is 0 Å². The molecule has 0 amide bonds. The fourth-order valence-corrected chi connectivity index (χ4v) is 5.25. The lowest BCUT2D eigenvalue weighted by Crippen LogP contribution is -2.44. The summed E-state index contributed by atoms with van der Waals surface area (Å²) >= 11 is 0. The number of nitrogens with zero attached hydrogens (tertiary/aromatic N) is 2. The molecular formula is C25H30N2O2S. The van der Waals surface area contributed by atoms with Crippen molar-refractivity contribution in [2.24, 2.45) is 0 Å². The van der Waals surface area contributed by atoms with E-state index in [9.17, 15) is 8.42 Å². The van der Waals surface area contributed by atoms with Crippen LogP contribution in [0.4, 0.5) is 0 Å². The highest BCUT2D eigenvalue weighted by Crippen LogP contribution is 2.16. The summed E-state index contributed by atoms with van der Waals surface area (Å²) in [6.45, 7) is 2.14. The second kappa shape index (κ2) is 10.5. The number of hydrogen-bond acceptors (Lipinski definition) is 4. The molecule has 3 aromatic carbocycles. The molecule has 0 aliphatic rings. The summed E-state index contributed by atoms with van der Waals surface area (Å²) in [4.78, 5) is 4.73. The molecule has 0 spiro atoms. The van der Waals surface area contributed by atoms with Crippen molar-refractivity contribution in [3.05, 3.63) is 102 Å². The van der Waals surface area contributed by atoms with Crippen LogP contribution in [0.1, 0.15) is 11.1 Å². The number of benzene rings is 3. The van der Waals surface area contributed by atoms with Crippen molar-refractivity contribution >= 4 is 9.84 Å². The van der Waals surface area contributed by atoms with Crippen molar-refractivity contribution in [3.8, 4) is 0 Å². The van der Waals surface area contributed by atoms with E-state index in [1.165, 1.54) is 11.1 Å². The zero-order valence-corrected chi connectivity index (χ0v) is 18.5. The van der Waals surface area contributed by atoms with Gasteiger partial charge < -0.3 is 4.90 Å². The molecule has 0 heterocycles. The van der Waals surface area contributed by atoms with Gasteiger partial charge in [0.2, 0.25) is 0 Å². The van der Waals surface area contributed by atoms with Crippen LogP contribution >= 0.6 is 0 Å². The Morgan fingerprint density at radius 2 is 1.17 bits per heavy atom. The minimum atomic E-state index is -3.38. The van der Waals surface area contributed by atoms with Crippen LogP contribution in [0.5, 0.6) is 0 Å². The Hall–Kier alpha value is -2.47. The maximum atomic E-state index is 13.1. The Morgan fingerprint density at radius 1 is 0.700 bits per heavy atom. The molecule has 158 valence electrons. The first-order valence-electron chi connectivity index (χ1n) is 10.2. The first-order chi connectivity index (χ1) is 14.4. The normalized spacial score (nSPS) is 12.9. The summed E-state index contributed by atoms with van der Waals surface area (Å²) in [5, 5.41) is 0. The molecule has 4 nitrogen and oxygen atoms in total. The summed E-state index contributed by atoms with van der Waals surface area (Å²) in [6, 6.07) is 29.0. The van der Waals surface area contributed by atoms with E-state index in [0.717, 1.165) is 6.54 Å². The quantitative estimate of drug-likeness (QED) is 0.493. The molecule has 0 saturated heterocycles. The van der Waals surface area contributed by atoms with Gasteiger partial charge in [0.1, 0.15) is 0 Å². The molecule has 30 heavy (non-hydrogen) atoms. The predicted molar refractivity (Wildman–Crippen MR) is 123 cm³/mol. The maximum Gasteiger partial charge on any atom is 0.179 e. The van der Waals surface area contributed by atoms with Crippen LogP contribution in [-0.2, 0) is 22.9 Å². The van der Waals surface area contributed by atoms with E-state index in [0.29, 0.717) is 18.0 Å². The topological polar surface area (TPSA) is 40.6 Å². The standard InChI is InChI=1S/C25H30N2O2S/c1-26(18-22-12-6-3-7-13-22)20-24(27(2)19-23-14-8-4-9-15-23)21-30(28,29)25-16-10-5-11-17-25/h3-17,24H,18-21H2,1-2H3. The minimum Gasteiger partial charge on any atom is -0.301 e. The van der Waals surface area contributed by atoms with Crippen molar-refractivity contribution in [1.29, 1.82) is 0 Å². The first-order valence-corrected chi connectivity index (χ1v) is 11.8. The smallest absolute Gasteiger partial charge is 0.179 e. The molecular weight excluding hydrogens is 392 g/mol. The summed E-state index contributed by atoms with van der Waals surface area (Å²) in [7, 11) is 0.672. The summed E-state index contributed by atoms with van der Waals surface area (Å²) in [5.74, 6) is 0.0828. The minimum absolute atomic E-state index is 0.0828. The van der Waals surface area contributed by atoms with Gasteiger partial charge in [0.15, 0.2) is 9.84 Å². The molecule has 0 fully saturated rings. The second-order valence-electron chi connectivity index (χ2n) is 7.83. The zero-order chi connectivity index (χ0) is 21.4. The van der Waals surface area contributed by atoms with E-state index in [4.69, 9.17) is 0 Å². The Morgan fingerprint density at radius 3 is 1.70 bits per heavy atom. The van der Waals surface area contributed by atoms with Crippen LogP contribution in [0.25, 0.3) is 0 Å². The second-order valence-corrected chi connectivity index (χ2v) is 9.87. The van der Waals surface area contributed by atoms with Crippen molar-refractivity contribution in [1.82, 2.24) is 9.80 Å². The fourth-order valence-electron chi connectivity index (χ4n) is 3.62. The maximum absolute atomic E-state index is 13.1. The Kier molecular flexibility index (Phi) is 7.80. The van der Waals surface area contributed by atoms with Gasteiger partial charge in [-0.05, 0) is 37.4 Å². The molecule has 3 aromatic rings. The van der Waals surface area contributed by atoms with Gasteiger partial charge in [0.05, 0.1) is 10.6 Å². The molecule has 0 bridgehead atoms. The highest BCUT2D eigenvalue weighted by atomic mass is 32.2. The molecule has 0 radical (unpaired) electrons. The molecule has 1 atom stereocenters. The van der Waals surface area contributed by atoms with Gasteiger partial charge in [0, 0.05) is 25.7 Å². The van der Waals surface area contributed by atoms with Gasteiger partial charge in [-0.2, -0.15) is 0 Å². The molecule has 0 N–H and O–H groups in total. The third-order valence-electron chi connectivity index (χ3n) is 5.23. The monoisotopic (exact) mass is 422 g/mol. The Labute approximate surface area is 180 Å². The number of likely N-dealkylation sites (N-methyl/N-ethyl adjacent to an activating group) is 2. The van der Waals surface area contributed by atoms with Gasteiger partial charge in [-0.25, -0.2) is 8.42 Å². The fraction of sp³-hybridized carbons (Fsp3) is 0.280. The van der Waals surface area contributed by atoms with Crippen molar-refractivity contribution in [2.45, 2.75) is 24.0 Å². The molecule has 0 aromatic heterocycles. The van der Waals surface area contributed by atoms with E-state index in [2.05, 4.69) is 34.1 Å². The SMILES string of the molecule is CN(Cc1ccccc1)CC(CS(=O)(=O)c1ccccc1)N(C)Cc1ccccc1. The highest BCUT2D eigenvalue weighted by Gasteiger charge is 2.25. The largest absolute Gasteiger partial charge is 0.301 e. The van der Waals surface area contributed by atoms with Crippen molar-refractivity contribution in [2.75, 3.05) is 26.4 Å². The number of rotatable bonds is 10. The highest BCUT2D eigenvalue weighted by molar-refractivity contribution is 7.91. The van der Waals surface area contributed by atoms with E-state index in [1.807, 2.05) is 56.6 Å². The molecule has 3 rings (SSSR count). The lowest BCUT2D eigenvalue weighted by molar-refractivity contribution is 0.184. The van der Waals surface area contributed by atoms with Crippen LogP contribution in [-0.4, -0.2) is 50.7 Å². The third kappa shape index (κ3) is 6.52. The first kappa shape index (κ1) is 22.2. The summed E-state index contributed by atoms with van der Waals surface area (Å²) in [5.41, 5.74) is 2.39. The van der Waals surface area contributed by atoms with Crippen LogP contribution in [0.2, 0.25) is 0 Å². The predicted octanol–water partition coefficient (Wildman–Crippen LogP) is 4.09. The van der Waals surface area contributed by atoms with E-state index in [-0.39, 0.29) is 11.8 Å². The lowest BCUT2D eigenvalue weighted by atomic mass is 10.1. The van der Waals surface area contributed by atoms with Crippen LogP contribution in [0.15, 0.2) is 95.9 Å². The van der Waals surface area contributed by atoms with Crippen LogP contribution < -0.4 is 0 Å². The molecule has 1 unspecified atom stereocenters. The number of sulfone groups is 1. The van der Waals surface area contributed by atoms with E-state index >= 15 is 0 Å². The van der Waals surface area contributed by atoms with E-state index in [1.54, 1.807) is 24.3 Å². The Bertz CT molecular complexity index is 993. The van der Waals surface area contributed by atoms with Gasteiger partial charge in [0.25, 0.3) is 0 Å². The lowest BCUT2D eigenvalue weighted by Gasteiger charge is -2.31. The average Bonchev–Trinajstić information content (AvgIpc) is 2.75. The molecule has 0 aliphatic heterocycles. The Balaban J connectivity index is 1.76. The van der Waals surface area contributed by atoms with Gasteiger partial charge in [-0.3, -0.25) is 4.90 Å². The van der Waals surface area contributed by atoms with Crippen molar-refractivity contribution < 1.29 is 8.42 Å². The van der Waals surface area contributed by atoms with Crippen LogP contribution in [0.3, 0.4) is 0 Å². The van der Waals surface area contributed by atoms with Crippen LogP contribution in [0, 0.1) is 0 Å². The molecule has 0 saturated carbocycles. The van der Waals surface area contributed by atoms with Gasteiger partial charge in [-0.1, -0.05) is 78.9 Å². The van der Waals surface area contributed by atoms with E-state index < -0.39 is 9.84 Å². The molecule has 5 heteroatoms. The summed E-state index contributed by atoms with van der Waals surface area (Å²) < 4.78 is 26.2. The van der Waals surface area contributed by atoms with Gasteiger partial charge >= 0.3 is 0 Å². The average molecular weight is 423 g/mol. The third-order valence-corrected chi connectivity index (χ3v) is 7.04. The van der Waals surface area contributed by atoms with Gasteiger partial charge in [-0.15, -0.1) is 0 Å². The summed E-state index contributed by atoms with van der Waals surface area (Å²) in [6.07, 6.45) is 0. The number of hydrogen-bond donors (Lipinski definition) is 0.